The molecule has 1 aliphatic rings. The lowest BCUT2D eigenvalue weighted by molar-refractivity contribution is 0.617. The maximum Gasteiger partial charge on any atom is -0.0276 e. The van der Waals surface area contributed by atoms with Gasteiger partial charge in [-0.15, -0.1) is 0 Å². The largest absolute Gasteiger partial charge is 0.0620 e. The van der Waals surface area contributed by atoms with Gasteiger partial charge in [-0.25, -0.2) is 0 Å². The second-order valence-electron chi connectivity index (χ2n) is 3.68. The quantitative estimate of drug-likeness (QED) is 0.546. The fraction of sp³-hybridized carbons (Fsp3) is 0.500. The molecule has 0 saturated carbocycles. The van der Waals surface area contributed by atoms with E-state index in [1.165, 1.54) is 38.5 Å². The Morgan fingerprint density at radius 1 is 0.667 bits per heavy atom. The summed E-state index contributed by atoms with van der Waals surface area (Å²) in [4.78, 5) is 0. The van der Waals surface area contributed by atoms with E-state index in [1.807, 2.05) is 0 Å². The summed E-state index contributed by atoms with van der Waals surface area (Å²) in [5.74, 6) is 0. The van der Waals surface area contributed by atoms with Crippen molar-refractivity contribution in [2.75, 3.05) is 0 Å². The highest BCUT2D eigenvalue weighted by atomic mass is 14.1. The van der Waals surface area contributed by atoms with E-state index in [0.29, 0.717) is 0 Å². The fourth-order valence-corrected chi connectivity index (χ4v) is 2.03. The monoisotopic (exact) mass is 160 g/mol. The molecule has 1 aromatic rings. The first kappa shape index (κ1) is 7.85. The third-order valence-corrected chi connectivity index (χ3v) is 2.76. The van der Waals surface area contributed by atoms with E-state index in [0.717, 1.165) is 0 Å². The predicted molar refractivity (Wildman–Crippen MR) is 52.3 cm³/mol. The molecule has 0 amide bonds. The summed E-state index contributed by atoms with van der Waals surface area (Å²) in [6, 6.07) is 8.92. The Balaban J connectivity index is 2.24. The summed E-state index contributed by atoms with van der Waals surface area (Å²) in [6.45, 7) is 0. The van der Waals surface area contributed by atoms with Crippen LogP contribution >= 0.6 is 0 Å². The highest BCUT2D eigenvalue weighted by molar-refractivity contribution is 5.27. The van der Waals surface area contributed by atoms with Crippen LogP contribution in [0.15, 0.2) is 24.3 Å². The number of rotatable bonds is 0. The van der Waals surface area contributed by atoms with Gasteiger partial charge in [-0.3, -0.25) is 0 Å². The molecule has 0 nitrogen and oxygen atoms in total. The van der Waals surface area contributed by atoms with Crippen LogP contribution in [0.1, 0.15) is 36.8 Å². The molecule has 64 valence electrons. The maximum absolute atomic E-state index is 2.29. The van der Waals surface area contributed by atoms with E-state index in [1.54, 1.807) is 11.1 Å². The van der Waals surface area contributed by atoms with Gasteiger partial charge in [0.05, 0.1) is 0 Å². The van der Waals surface area contributed by atoms with Crippen molar-refractivity contribution >= 4 is 0 Å². The first-order valence-corrected chi connectivity index (χ1v) is 5.03. The van der Waals surface area contributed by atoms with E-state index in [9.17, 15) is 0 Å². The van der Waals surface area contributed by atoms with E-state index in [2.05, 4.69) is 24.3 Å². The predicted octanol–water partition coefficient (Wildman–Crippen LogP) is 3.35. The molecule has 0 spiro atoms. The Morgan fingerprint density at radius 3 is 1.67 bits per heavy atom. The number of fused-ring (bicyclic) bond motifs is 1. The lowest BCUT2D eigenvalue weighted by Gasteiger charge is -2.12. The molecule has 2 rings (SSSR count). The summed E-state index contributed by atoms with van der Waals surface area (Å²) in [6.07, 6.45) is 8.23. The Bertz CT molecular complexity index is 223. The molecule has 0 heterocycles. The van der Waals surface area contributed by atoms with Gasteiger partial charge < -0.3 is 0 Å². The van der Waals surface area contributed by atoms with Gasteiger partial charge in [0.1, 0.15) is 0 Å². The van der Waals surface area contributed by atoms with E-state index in [4.69, 9.17) is 0 Å². The molecule has 0 unspecified atom stereocenters. The Hall–Kier alpha value is -0.780. The normalized spacial score (nSPS) is 17.7. The van der Waals surface area contributed by atoms with Crippen LogP contribution in [0.25, 0.3) is 0 Å². The fourth-order valence-electron chi connectivity index (χ4n) is 2.03. The molecule has 12 heavy (non-hydrogen) atoms. The minimum absolute atomic E-state index is 1.30. The van der Waals surface area contributed by atoms with Crippen LogP contribution in [0.5, 0.6) is 0 Å². The molecular formula is C12H16. The van der Waals surface area contributed by atoms with Crippen molar-refractivity contribution in [2.24, 2.45) is 0 Å². The van der Waals surface area contributed by atoms with Gasteiger partial charge in [0.15, 0.2) is 0 Å². The van der Waals surface area contributed by atoms with Crippen LogP contribution in [0, 0.1) is 0 Å². The van der Waals surface area contributed by atoms with Crippen molar-refractivity contribution in [1.82, 2.24) is 0 Å². The molecule has 0 aromatic heterocycles. The number of hydrogen-bond donors (Lipinski definition) is 0. The van der Waals surface area contributed by atoms with Crippen LogP contribution in [-0.2, 0) is 12.8 Å². The van der Waals surface area contributed by atoms with Crippen molar-refractivity contribution in [3.05, 3.63) is 35.4 Å². The number of aryl methyl sites for hydroxylation is 2. The lowest BCUT2D eigenvalue weighted by atomic mass is 9.94. The van der Waals surface area contributed by atoms with E-state index in [-0.39, 0.29) is 0 Å². The maximum atomic E-state index is 2.29. The van der Waals surface area contributed by atoms with Gasteiger partial charge in [0.25, 0.3) is 0 Å². The van der Waals surface area contributed by atoms with Crippen molar-refractivity contribution in [3.8, 4) is 0 Å². The van der Waals surface area contributed by atoms with Crippen molar-refractivity contribution in [2.45, 2.75) is 38.5 Å². The number of hydrogen-bond acceptors (Lipinski definition) is 0. The third-order valence-electron chi connectivity index (χ3n) is 2.76. The third kappa shape index (κ3) is 1.69. The van der Waals surface area contributed by atoms with Gasteiger partial charge in [0, 0.05) is 0 Å². The second-order valence-corrected chi connectivity index (χ2v) is 3.68. The summed E-state index contributed by atoms with van der Waals surface area (Å²) in [7, 11) is 0. The minimum Gasteiger partial charge on any atom is -0.0620 e. The average Bonchev–Trinajstić information content (AvgIpc) is 2.06. The van der Waals surface area contributed by atoms with Crippen LogP contribution in [0.4, 0.5) is 0 Å². The molecule has 0 bridgehead atoms. The molecule has 0 N–H and O–H groups in total. The van der Waals surface area contributed by atoms with Crippen molar-refractivity contribution < 1.29 is 0 Å². The van der Waals surface area contributed by atoms with Gasteiger partial charge in [-0.2, -0.15) is 0 Å². The summed E-state index contributed by atoms with van der Waals surface area (Å²) < 4.78 is 0. The van der Waals surface area contributed by atoms with E-state index >= 15 is 0 Å². The van der Waals surface area contributed by atoms with E-state index < -0.39 is 0 Å². The zero-order valence-corrected chi connectivity index (χ0v) is 7.55. The van der Waals surface area contributed by atoms with Crippen LogP contribution in [0.2, 0.25) is 0 Å². The molecule has 0 heteroatoms. The highest BCUT2D eigenvalue weighted by Gasteiger charge is 2.04. The van der Waals surface area contributed by atoms with Crippen LogP contribution < -0.4 is 0 Å². The summed E-state index contributed by atoms with van der Waals surface area (Å²) in [5, 5.41) is 0. The molecule has 1 aliphatic carbocycles. The Morgan fingerprint density at radius 2 is 1.17 bits per heavy atom. The highest BCUT2D eigenvalue weighted by Crippen LogP contribution is 2.19. The van der Waals surface area contributed by atoms with Gasteiger partial charge in [-0.1, -0.05) is 37.1 Å². The molecule has 0 saturated heterocycles. The van der Waals surface area contributed by atoms with Gasteiger partial charge >= 0.3 is 0 Å². The SMILES string of the molecule is c1ccc2c(c1)CCCCCC2. The molecule has 1 aromatic carbocycles. The molecular weight excluding hydrogens is 144 g/mol. The zero-order valence-electron chi connectivity index (χ0n) is 7.55. The zero-order chi connectivity index (χ0) is 8.23. The smallest absolute Gasteiger partial charge is 0.0276 e. The first-order valence-electron chi connectivity index (χ1n) is 5.03. The second kappa shape index (κ2) is 3.75. The Labute approximate surface area is 74.6 Å². The molecule has 0 aliphatic heterocycles. The van der Waals surface area contributed by atoms with Gasteiger partial charge in [0.2, 0.25) is 0 Å². The van der Waals surface area contributed by atoms with Gasteiger partial charge in [-0.05, 0) is 36.8 Å². The van der Waals surface area contributed by atoms with Crippen LogP contribution in [-0.4, -0.2) is 0 Å². The van der Waals surface area contributed by atoms with Crippen molar-refractivity contribution in [1.29, 1.82) is 0 Å². The average molecular weight is 160 g/mol. The minimum atomic E-state index is 1.30. The molecule has 0 atom stereocenters. The molecule has 0 radical (unpaired) electrons. The summed E-state index contributed by atoms with van der Waals surface area (Å²) in [5.41, 5.74) is 3.19. The molecule has 0 fully saturated rings. The van der Waals surface area contributed by atoms with Crippen molar-refractivity contribution in [3.63, 3.8) is 0 Å². The Kier molecular flexibility index (Phi) is 2.45. The van der Waals surface area contributed by atoms with Crippen LogP contribution in [0.3, 0.4) is 0 Å². The summed E-state index contributed by atoms with van der Waals surface area (Å²) >= 11 is 0. The lowest BCUT2D eigenvalue weighted by Crippen LogP contribution is -1.98. The topological polar surface area (TPSA) is 0 Å². The first-order chi connectivity index (χ1) is 5.97. The number of benzene rings is 1. The standard InChI is InChI=1S/C12H16/c1-2-4-8-12-10-6-5-9-11(12)7-3-1/h5-6,9-10H,1-4,7-8H2.